The molecule has 2 N–H and O–H groups in total. The van der Waals surface area contributed by atoms with Gasteiger partial charge >= 0.3 is 0 Å². The van der Waals surface area contributed by atoms with Crippen molar-refractivity contribution in [2.75, 3.05) is 19.8 Å². The van der Waals surface area contributed by atoms with E-state index in [4.69, 9.17) is 4.74 Å². The average molecular weight is 257 g/mol. The molecule has 0 bridgehead atoms. The van der Waals surface area contributed by atoms with Crippen molar-refractivity contribution in [2.24, 2.45) is 0 Å². The van der Waals surface area contributed by atoms with E-state index in [2.05, 4.69) is 5.32 Å². The summed E-state index contributed by atoms with van der Waals surface area (Å²) in [6.45, 7) is 1.42. The van der Waals surface area contributed by atoms with Crippen LogP contribution in [0.15, 0.2) is 18.2 Å². The summed E-state index contributed by atoms with van der Waals surface area (Å²) >= 11 is 0. The summed E-state index contributed by atoms with van der Waals surface area (Å²) in [7, 11) is 0. The van der Waals surface area contributed by atoms with E-state index in [0.717, 1.165) is 0 Å². The van der Waals surface area contributed by atoms with Crippen LogP contribution in [0.4, 0.5) is 8.78 Å². The van der Waals surface area contributed by atoms with E-state index >= 15 is 0 Å². The topological polar surface area (TPSA) is 41.5 Å². The molecule has 0 saturated carbocycles. The minimum Gasteiger partial charge on any atom is -0.388 e. The van der Waals surface area contributed by atoms with Gasteiger partial charge in [0, 0.05) is 44.7 Å². The molecule has 0 unspecified atom stereocenters. The number of benzene rings is 1. The lowest BCUT2D eigenvalue weighted by Crippen LogP contribution is -2.44. The van der Waals surface area contributed by atoms with Crippen molar-refractivity contribution in [1.29, 1.82) is 0 Å². The van der Waals surface area contributed by atoms with Crippen LogP contribution >= 0.6 is 0 Å². The van der Waals surface area contributed by atoms with Crippen molar-refractivity contribution < 1.29 is 18.6 Å². The van der Waals surface area contributed by atoms with Gasteiger partial charge in [0.05, 0.1) is 5.60 Å². The fourth-order valence-corrected chi connectivity index (χ4v) is 2.05. The molecule has 0 aliphatic carbocycles. The molecule has 1 heterocycles. The Morgan fingerprint density at radius 2 is 1.83 bits per heavy atom. The first-order valence-electron chi connectivity index (χ1n) is 6.04. The largest absolute Gasteiger partial charge is 0.388 e. The van der Waals surface area contributed by atoms with Crippen molar-refractivity contribution in [1.82, 2.24) is 5.32 Å². The maximum atomic E-state index is 13.3. The first-order valence-corrected chi connectivity index (χ1v) is 6.04. The molecule has 0 atom stereocenters. The van der Waals surface area contributed by atoms with Gasteiger partial charge in [0.2, 0.25) is 0 Å². The van der Waals surface area contributed by atoms with Crippen LogP contribution in [0.3, 0.4) is 0 Å². The fourth-order valence-electron chi connectivity index (χ4n) is 2.05. The Hall–Kier alpha value is -1.04. The predicted octanol–water partition coefficient (Wildman–Crippen LogP) is 1.60. The maximum absolute atomic E-state index is 13.3. The number of ether oxygens (including phenoxy) is 1. The van der Waals surface area contributed by atoms with Crippen molar-refractivity contribution >= 4 is 0 Å². The predicted molar refractivity (Wildman–Crippen MR) is 63.1 cm³/mol. The van der Waals surface area contributed by atoms with Crippen LogP contribution in [-0.4, -0.2) is 30.5 Å². The Kier molecular flexibility index (Phi) is 4.27. The second kappa shape index (κ2) is 5.73. The third kappa shape index (κ3) is 3.25. The van der Waals surface area contributed by atoms with Crippen LogP contribution in [0.2, 0.25) is 0 Å². The lowest BCUT2D eigenvalue weighted by atomic mass is 9.94. The number of rotatable bonds is 4. The fraction of sp³-hybridized carbons (Fsp3) is 0.538. The molecule has 18 heavy (non-hydrogen) atoms. The van der Waals surface area contributed by atoms with Crippen LogP contribution in [-0.2, 0) is 11.3 Å². The third-order valence-corrected chi connectivity index (χ3v) is 3.24. The molecule has 1 aromatic rings. The molecule has 3 nitrogen and oxygen atoms in total. The Morgan fingerprint density at radius 3 is 2.44 bits per heavy atom. The molecule has 1 aromatic carbocycles. The van der Waals surface area contributed by atoms with Gasteiger partial charge in [0.25, 0.3) is 0 Å². The Bertz CT molecular complexity index is 386. The van der Waals surface area contributed by atoms with Crippen molar-refractivity contribution in [3.8, 4) is 0 Å². The van der Waals surface area contributed by atoms with E-state index in [1.54, 1.807) is 0 Å². The molecule has 0 aromatic heterocycles. The average Bonchev–Trinajstić information content (AvgIpc) is 2.34. The van der Waals surface area contributed by atoms with Gasteiger partial charge in [-0.25, -0.2) is 8.78 Å². The van der Waals surface area contributed by atoms with Crippen molar-refractivity contribution in [3.05, 3.63) is 35.4 Å². The standard InChI is InChI=1S/C13H17F2NO2/c14-11-2-1-3-12(15)10(11)8-16-9-13(17)4-6-18-7-5-13/h1-3,16-17H,4-9H2. The van der Waals surface area contributed by atoms with Crippen LogP contribution < -0.4 is 5.32 Å². The third-order valence-electron chi connectivity index (χ3n) is 3.24. The summed E-state index contributed by atoms with van der Waals surface area (Å²) in [6.07, 6.45) is 1.08. The van der Waals surface area contributed by atoms with Gasteiger partial charge < -0.3 is 15.2 Å². The van der Waals surface area contributed by atoms with Crippen molar-refractivity contribution in [3.63, 3.8) is 0 Å². The van der Waals surface area contributed by atoms with Gasteiger partial charge in [-0.3, -0.25) is 0 Å². The highest BCUT2D eigenvalue weighted by Gasteiger charge is 2.29. The molecule has 1 fully saturated rings. The molecular formula is C13H17F2NO2. The van der Waals surface area contributed by atoms with E-state index in [1.807, 2.05) is 0 Å². The van der Waals surface area contributed by atoms with E-state index in [1.165, 1.54) is 18.2 Å². The minimum atomic E-state index is -0.833. The summed E-state index contributed by atoms with van der Waals surface area (Å²) in [4.78, 5) is 0. The summed E-state index contributed by atoms with van der Waals surface area (Å²) < 4.78 is 31.9. The van der Waals surface area contributed by atoms with Crippen LogP contribution in [0.1, 0.15) is 18.4 Å². The first-order chi connectivity index (χ1) is 8.61. The Balaban J connectivity index is 1.88. The number of nitrogens with one attached hydrogen (secondary N) is 1. The van der Waals surface area contributed by atoms with Crippen LogP contribution in [0.5, 0.6) is 0 Å². The van der Waals surface area contributed by atoms with Gasteiger partial charge in [0.15, 0.2) is 0 Å². The van der Waals surface area contributed by atoms with Gasteiger partial charge in [-0.15, -0.1) is 0 Å². The highest BCUT2D eigenvalue weighted by molar-refractivity contribution is 5.19. The van der Waals surface area contributed by atoms with E-state index in [-0.39, 0.29) is 12.1 Å². The number of hydrogen-bond acceptors (Lipinski definition) is 3. The molecule has 100 valence electrons. The second-order valence-electron chi connectivity index (χ2n) is 4.64. The SMILES string of the molecule is OC1(CNCc2c(F)cccc2F)CCOCC1. The number of halogens is 2. The highest BCUT2D eigenvalue weighted by atomic mass is 19.1. The molecule has 0 spiro atoms. The first kappa shape index (κ1) is 13.4. The zero-order chi connectivity index (χ0) is 13.0. The van der Waals surface area contributed by atoms with Gasteiger partial charge in [-0.05, 0) is 12.1 Å². The molecule has 1 aliphatic rings. The van der Waals surface area contributed by atoms with Gasteiger partial charge in [-0.1, -0.05) is 6.07 Å². The Morgan fingerprint density at radius 1 is 1.22 bits per heavy atom. The lowest BCUT2D eigenvalue weighted by Gasteiger charge is -2.32. The lowest BCUT2D eigenvalue weighted by molar-refractivity contribution is -0.0617. The van der Waals surface area contributed by atoms with Crippen LogP contribution in [0, 0.1) is 11.6 Å². The summed E-state index contributed by atoms with van der Waals surface area (Å²) in [5.74, 6) is -1.14. The molecule has 1 saturated heterocycles. The Labute approximate surface area is 105 Å². The van der Waals surface area contributed by atoms with E-state index < -0.39 is 17.2 Å². The minimum absolute atomic E-state index is 0.00756. The summed E-state index contributed by atoms with van der Waals surface area (Å²) in [5.41, 5.74) is -0.826. The highest BCUT2D eigenvalue weighted by Crippen LogP contribution is 2.19. The van der Waals surface area contributed by atoms with Gasteiger partial charge in [-0.2, -0.15) is 0 Å². The molecule has 1 aliphatic heterocycles. The van der Waals surface area contributed by atoms with Crippen molar-refractivity contribution in [2.45, 2.75) is 25.0 Å². The summed E-state index contributed by atoms with van der Waals surface area (Å²) in [6, 6.07) is 3.78. The monoisotopic (exact) mass is 257 g/mol. The normalized spacial score (nSPS) is 18.8. The van der Waals surface area contributed by atoms with E-state index in [0.29, 0.717) is 32.6 Å². The molecule has 2 rings (SSSR count). The molecule has 0 radical (unpaired) electrons. The van der Waals surface area contributed by atoms with E-state index in [9.17, 15) is 13.9 Å². The van der Waals surface area contributed by atoms with Gasteiger partial charge in [0.1, 0.15) is 11.6 Å². The summed E-state index contributed by atoms with van der Waals surface area (Å²) in [5, 5.41) is 13.1. The number of aliphatic hydroxyl groups is 1. The molecular weight excluding hydrogens is 240 g/mol. The smallest absolute Gasteiger partial charge is 0.130 e. The zero-order valence-corrected chi connectivity index (χ0v) is 10.1. The molecule has 5 heteroatoms. The number of hydrogen-bond donors (Lipinski definition) is 2. The zero-order valence-electron chi connectivity index (χ0n) is 10.1. The second-order valence-corrected chi connectivity index (χ2v) is 4.64. The maximum Gasteiger partial charge on any atom is 0.130 e. The molecule has 0 amide bonds. The quantitative estimate of drug-likeness (QED) is 0.860. The van der Waals surface area contributed by atoms with Crippen LogP contribution in [0.25, 0.3) is 0 Å².